The van der Waals surface area contributed by atoms with Crippen LogP contribution in [0, 0.1) is 5.92 Å². The summed E-state index contributed by atoms with van der Waals surface area (Å²) in [6.07, 6.45) is 4.83. The highest BCUT2D eigenvalue weighted by Gasteiger charge is 2.44. The molecule has 0 bridgehead atoms. The van der Waals surface area contributed by atoms with E-state index in [1.165, 1.54) is 0 Å². The fourth-order valence-electron chi connectivity index (χ4n) is 2.67. The van der Waals surface area contributed by atoms with Crippen molar-refractivity contribution in [1.82, 2.24) is 4.90 Å². The number of hydrogen-bond acceptors (Lipinski definition) is 4. The number of β-amino-alcohol motifs (C(OH)–C–C–N with tert-alkyl or cyclic N) is 1. The predicted octanol–water partition coefficient (Wildman–Crippen LogP) is 0.197. The van der Waals surface area contributed by atoms with Crippen LogP contribution in [0.15, 0.2) is 0 Å². The van der Waals surface area contributed by atoms with Crippen LogP contribution in [0.3, 0.4) is 0 Å². The standard InChI is InChI=1S/C12H24N2O2/c1-16-11-4-6-14(7-5-11)9-12(15,8-13)10-2-3-10/h10-11,15H,2-9,13H2,1H3. The van der Waals surface area contributed by atoms with Gasteiger partial charge < -0.3 is 20.5 Å². The highest BCUT2D eigenvalue weighted by Crippen LogP contribution is 2.39. The number of likely N-dealkylation sites (tertiary alicyclic amines) is 1. The molecule has 0 radical (unpaired) electrons. The second-order valence-corrected chi connectivity index (χ2v) is 5.29. The summed E-state index contributed by atoms with van der Waals surface area (Å²) in [5.41, 5.74) is 5.08. The molecule has 0 aromatic heterocycles. The molecular formula is C12H24N2O2. The van der Waals surface area contributed by atoms with Crippen molar-refractivity contribution in [3.8, 4) is 0 Å². The highest BCUT2D eigenvalue weighted by molar-refractivity contribution is 4.98. The molecule has 94 valence electrons. The lowest BCUT2D eigenvalue weighted by molar-refractivity contribution is -0.0295. The molecule has 2 rings (SSSR count). The van der Waals surface area contributed by atoms with Crippen molar-refractivity contribution in [2.24, 2.45) is 11.7 Å². The van der Waals surface area contributed by atoms with Gasteiger partial charge in [-0.3, -0.25) is 0 Å². The largest absolute Gasteiger partial charge is 0.387 e. The van der Waals surface area contributed by atoms with E-state index in [4.69, 9.17) is 10.5 Å². The van der Waals surface area contributed by atoms with E-state index in [0.717, 1.165) is 45.3 Å². The van der Waals surface area contributed by atoms with Gasteiger partial charge >= 0.3 is 0 Å². The van der Waals surface area contributed by atoms with Crippen LogP contribution in [-0.4, -0.2) is 55.0 Å². The summed E-state index contributed by atoms with van der Waals surface area (Å²) in [4.78, 5) is 2.33. The fourth-order valence-corrected chi connectivity index (χ4v) is 2.67. The number of methoxy groups -OCH3 is 1. The van der Waals surface area contributed by atoms with Crippen LogP contribution >= 0.6 is 0 Å². The molecule has 0 spiro atoms. The summed E-state index contributed by atoms with van der Waals surface area (Å²) in [7, 11) is 1.78. The first-order valence-corrected chi connectivity index (χ1v) is 6.35. The van der Waals surface area contributed by atoms with Gasteiger partial charge in [-0.05, 0) is 31.6 Å². The molecule has 0 amide bonds. The van der Waals surface area contributed by atoms with Crippen LogP contribution in [0.5, 0.6) is 0 Å². The molecule has 1 heterocycles. The minimum absolute atomic E-state index is 0.391. The van der Waals surface area contributed by atoms with Crippen LogP contribution in [0.25, 0.3) is 0 Å². The maximum absolute atomic E-state index is 10.4. The van der Waals surface area contributed by atoms with Gasteiger partial charge in [0.25, 0.3) is 0 Å². The van der Waals surface area contributed by atoms with Crippen LogP contribution in [0.1, 0.15) is 25.7 Å². The van der Waals surface area contributed by atoms with Crippen molar-refractivity contribution < 1.29 is 9.84 Å². The smallest absolute Gasteiger partial charge is 0.0923 e. The average Bonchev–Trinajstić information content (AvgIpc) is 3.14. The molecule has 4 nitrogen and oxygen atoms in total. The first-order chi connectivity index (χ1) is 7.68. The van der Waals surface area contributed by atoms with Gasteiger partial charge in [0, 0.05) is 33.3 Å². The predicted molar refractivity (Wildman–Crippen MR) is 63.2 cm³/mol. The Morgan fingerprint density at radius 3 is 2.38 bits per heavy atom. The summed E-state index contributed by atoms with van der Waals surface area (Å²) in [5, 5.41) is 10.4. The van der Waals surface area contributed by atoms with E-state index in [2.05, 4.69) is 4.90 Å². The molecule has 1 unspecified atom stereocenters. The number of rotatable bonds is 5. The molecule has 3 N–H and O–H groups in total. The quantitative estimate of drug-likeness (QED) is 0.705. The molecular weight excluding hydrogens is 204 g/mol. The van der Waals surface area contributed by atoms with E-state index in [0.29, 0.717) is 18.6 Å². The maximum atomic E-state index is 10.4. The number of aliphatic hydroxyl groups is 1. The maximum Gasteiger partial charge on any atom is 0.0923 e. The van der Waals surface area contributed by atoms with Gasteiger partial charge in [-0.2, -0.15) is 0 Å². The van der Waals surface area contributed by atoms with Crippen molar-refractivity contribution in [2.75, 3.05) is 33.3 Å². The topological polar surface area (TPSA) is 58.7 Å². The molecule has 1 saturated carbocycles. The molecule has 1 saturated heterocycles. The third kappa shape index (κ3) is 2.74. The van der Waals surface area contributed by atoms with Gasteiger partial charge in [0.15, 0.2) is 0 Å². The van der Waals surface area contributed by atoms with E-state index in [1.807, 2.05) is 0 Å². The van der Waals surface area contributed by atoms with Crippen LogP contribution < -0.4 is 5.73 Å². The average molecular weight is 228 g/mol. The molecule has 2 aliphatic rings. The van der Waals surface area contributed by atoms with Gasteiger partial charge in [0.2, 0.25) is 0 Å². The fraction of sp³-hybridized carbons (Fsp3) is 1.00. The van der Waals surface area contributed by atoms with E-state index < -0.39 is 5.60 Å². The van der Waals surface area contributed by atoms with E-state index in [9.17, 15) is 5.11 Å². The zero-order valence-electron chi connectivity index (χ0n) is 10.2. The number of ether oxygens (including phenoxy) is 1. The Morgan fingerprint density at radius 1 is 1.31 bits per heavy atom. The molecule has 0 aromatic rings. The van der Waals surface area contributed by atoms with Crippen molar-refractivity contribution >= 4 is 0 Å². The van der Waals surface area contributed by atoms with Crippen molar-refractivity contribution in [1.29, 1.82) is 0 Å². The first kappa shape index (κ1) is 12.3. The molecule has 1 atom stereocenters. The van der Waals surface area contributed by atoms with Gasteiger partial charge in [-0.15, -0.1) is 0 Å². The van der Waals surface area contributed by atoms with Crippen LogP contribution in [0.2, 0.25) is 0 Å². The first-order valence-electron chi connectivity index (χ1n) is 6.35. The lowest BCUT2D eigenvalue weighted by Gasteiger charge is -2.37. The van der Waals surface area contributed by atoms with Crippen LogP contribution in [0.4, 0.5) is 0 Å². The highest BCUT2D eigenvalue weighted by atomic mass is 16.5. The van der Waals surface area contributed by atoms with Gasteiger partial charge in [0.05, 0.1) is 11.7 Å². The summed E-state index contributed by atoms with van der Waals surface area (Å²) < 4.78 is 5.34. The Labute approximate surface area is 97.7 Å². The number of piperidine rings is 1. The van der Waals surface area contributed by atoms with Gasteiger partial charge in [0.1, 0.15) is 0 Å². The Morgan fingerprint density at radius 2 is 1.94 bits per heavy atom. The summed E-state index contributed by atoms with van der Waals surface area (Å²) in [6.45, 7) is 3.17. The lowest BCUT2D eigenvalue weighted by atomic mass is 9.95. The Kier molecular flexibility index (Phi) is 3.85. The normalized spacial score (nSPS) is 27.9. The SMILES string of the molecule is COC1CCN(CC(O)(CN)C2CC2)CC1. The second-order valence-electron chi connectivity index (χ2n) is 5.29. The second kappa shape index (κ2) is 5.00. The number of nitrogens with two attached hydrogens (primary N) is 1. The van der Waals surface area contributed by atoms with Crippen LogP contribution in [-0.2, 0) is 4.74 Å². The van der Waals surface area contributed by atoms with E-state index in [-0.39, 0.29) is 0 Å². The summed E-state index contributed by atoms with van der Waals surface area (Å²) in [6, 6.07) is 0. The van der Waals surface area contributed by atoms with Gasteiger partial charge in [-0.1, -0.05) is 0 Å². The van der Waals surface area contributed by atoms with E-state index >= 15 is 0 Å². The monoisotopic (exact) mass is 228 g/mol. The van der Waals surface area contributed by atoms with E-state index in [1.54, 1.807) is 7.11 Å². The molecule has 4 heteroatoms. The lowest BCUT2D eigenvalue weighted by Crippen LogP contribution is -2.52. The van der Waals surface area contributed by atoms with Crippen molar-refractivity contribution in [3.63, 3.8) is 0 Å². The zero-order chi connectivity index (χ0) is 11.6. The molecule has 16 heavy (non-hydrogen) atoms. The Hall–Kier alpha value is -0.160. The van der Waals surface area contributed by atoms with Gasteiger partial charge in [-0.25, -0.2) is 0 Å². The Bertz CT molecular complexity index is 225. The third-order valence-electron chi connectivity index (χ3n) is 4.06. The minimum Gasteiger partial charge on any atom is -0.387 e. The van der Waals surface area contributed by atoms with Crippen molar-refractivity contribution in [2.45, 2.75) is 37.4 Å². The molecule has 1 aliphatic heterocycles. The number of hydrogen-bond donors (Lipinski definition) is 2. The Balaban J connectivity index is 1.81. The minimum atomic E-state index is -0.639. The molecule has 1 aliphatic carbocycles. The molecule has 0 aromatic carbocycles. The third-order valence-corrected chi connectivity index (χ3v) is 4.06. The zero-order valence-corrected chi connectivity index (χ0v) is 10.2. The summed E-state index contributed by atoms with van der Waals surface area (Å²) >= 11 is 0. The summed E-state index contributed by atoms with van der Waals surface area (Å²) in [5.74, 6) is 0.442. The number of nitrogens with zero attached hydrogens (tertiary/aromatic N) is 1. The van der Waals surface area contributed by atoms with Crippen molar-refractivity contribution in [3.05, 3.63) is 0 Å². The molecule has 2 fully saturated rings.